The molecule has 2 heteroatoms. The summed E-state index contributed by atoms with van der Waals surface area (Å²) in [6.45, 7) is 12.1. The molecule has 0 bridgehead atoms. The maximum absolute atomic E-state index is 3.86. The second-order valence-corrected chi connectivity index (χ2v) is 2.61. The Labute approximate surface area is 82.7 Å². The first-order chi connectivity index (χ1) is 6.20. The van der Waals surface area contributed by atoms with E-state index >= 15 is 0 Å². The molecule has 0 heterocycles. The van der Waals surface area contributed by atoms with Crippen LogP contribution >= 0.6 is 0 Å². The van der Waals surface area contributed by atoms with Crippen LogP contribution in [0.1, 0.15) is 20.3 Å². The quantitative estimate of drug-likeness (QED) is 0.471. The molecule has 0 N–H and O–H groups in total. The maximum Gasteiger partial charge on any atom is 0.0408 e. The number of nitrogens with zero attached hydrogens (tertiary/aromatic N) is 2. The first kappa shape index (κ1) is 14.6. The van der Waals surface area contributed by atoms with Crippen LogP contribution in [-0.2, 0) is 0 Å². The highest BCUT2D eigenvalue weighted by molar-refractivity contribution is 5.30. The van der Waals surface area contributed by atoms with Crippen LogP contribution in [-0.4, -0.2) is 32.3 Å². The van der Waals surface area contributed by atoms with Crippen molar-refractivity contribution in [2.75, 3.05) is 20.6 Å². The van der Waals surface area contributed by atoms with Crippen molar-refractivity contribution in [2.24, 2.45) is 4.99 Å². The lowest BCUT2D eigenvalue weighted by molar-refractivity contribution is 0.412. The molecular weight excluding hydrogens is 160 g/mol. The Kier molecular flexibility index (Phi) is 12.5. The SMILES string of the molecule is C=C/C=C(/CCN(C)C)N=C.CC. The van der Waals surface area contributed by atoms with Crippen LogP contribution in [0.2, 0.25) is 0 Å². The zero-order valence-corrected chi connectivity index (χ0v) is 9.38. The molecule has 0 aliphatic heterocycles. The number of allylic oxidation sites excluding steroid dienone is 2. The summed E-state index contributed by atoms with van der Waals surface area (Å²) in [5, 5.41) is 0. The zero-order chi connectivity index (χ0) is 10.7. The molecule has 0 fully saturated rings. The van der Waals surface area contributed by atoms with Crippen LogP contribution < -0.4 is 0 Å². The molecule has 0 atom stereocenters. The van der Waals surface area contributed by atoms with Gasteiger partial charge < -0.3 is 4.90 Å². The molecule has 2 nitrogen and oxygen atoms in total. The van der Waals surface area contributed by atoms with E-state index in [1.807, 2.05) is 34.0 Å². The Bertz CT molecular complexity index is 157. The molecule has 0 unspecified atom stereocenters. The van der Waals surface area contributed by atoms with Crippen LogP contribution in [0, 0.1) is 0 Å². The maximum atomic E-state index is 3.86. The Hall–Kier alpha value is -0.890. The van der Waals surface area contributed by atoms with Gasteiger partial charge in [-0.05, 0) is 26.9 Å². The van der Waals surface area contributed by atoms with Crippen LogP contribution in [0.3, 0.4) is 0 Å². The Morgan fingerprint density at radius 1 is 1.38 bits per heavy atom. The molecule has 0 aromatic heterocycles. The van der Waals surface area contributed by atoms with Crippen molar-refractivity contribution >= 4 is 6.72 Å². The van der Waals surface area contributed by atoms with Gasteiger partial charge in [0.05, 0.1) is 0 Å². The molecule has 0 aromatic carbocycles. The van der Waals surface area contributed by atoms with Gasteiger partial charge in [0.1, 0.15) is 0 Å². The van der Waals surface area contributed by atoms with Gasteiger partial charge in [0, 0.05) is 18.7 Å². The lowest BCUT2D eigenvalue weighted by Crippen LogP contribution is -2.13. The molecule has 0 saturated carbocycles. The van der Waals surface area contributed by atoms with Gasteiger partial charge in [-0.15, -0.1) is 0 Å². The molecular formula is C11H22N2. The number of hydrogen-bond acceptors (Lipinski definition) is 2. The summed E-state index contributed by atoms with van der Waals surface area (Å²) in [6.07, 6.45) is 4.55. The highest BCUT2D eigenvalue weighted by atomic mass is 15.0. The van der Waals surface area contributed by atoms with E-state index in [0.29, 0.717) is 0 Å². The van der Waals surface area contributed by atoms with E-state index in [9.17, 15) is 0 Å². The van der Waals surface area contributed by atoms with Gasteiger partial charge in [0.2, 0.25) is 0 Å². The second-order valence-electron chi connectivity index (χ2n) is 2.61. The van der Waals surface area contributed by atoms with E-state index in [1.54, 1.807) is 6.08 Å². The van der Waals surface area contributed by atoms with Gasteiger partial charge in [-0.3, -0.25) is 4.99 Å². The van der Waals surface area contributed by atoms with E-state index in [0.717, 1.165) is 18.7 Å². The minimum absolute atomic E-state index is 0.933. The molecule has 0 aliphatic carbocycles. The third-order valence-corrected chi connectivity index (χ3v) is 1.33. The molecule has 0 aliphatic rings. The van der Waals surface area contributed by atoms with E-state index < -0.39 is 0 Å². The van der Waals surface area contributed by atoms with Crippen molar-refractivity contribution in [3.63, 3.8) is 0 Å². The Morgan fingerprint density at radius 2 is 1.92 bits per heavy atom. The van der Waals surface area contributed by atoms with Gasteiger partial charge in [0.15, 0.2) is 0 Å². The van der Waals surface area contributed by atoms with Gasteiger partial charge in [-0.2, -0.15) is 0 Å². The van der Waals surface area contributed by atoms with Crippen molar-refractivity contribution in [3.05, 3.63) is 24.4 Å². The van der Waals surface area contributed by atoms with Crippen molar-refractivity contribution in [1.29, 1.82) is 0 Å². The average Bonchev–Trinajstić information content (AvgIpc) is 2.15. The van der Waals surface area contributed by atoms with Crippen LogP contribution in [0.5, 0.6) is 0 Å². The number of rotatable bonds is 5. The van der Waals surface area contributed by atoms with Crippen molar-refractivity contribution in [1.82, 2.24) is 4.90 Å². The molecule has 0 aromatic rings. The van der Waals surface area contributed by atoms with E-state index in [4.69, 9.17) is 0 Å². The lowest BCUT2D eigenvalue weighted by Gasteiger charge is -2.08. The third-order valence-electron chi connectivity index (χ3n) is 1.33. The normalized spacial score (nSPS) is 10.4. The van der Waals surface area contributed by atoms with E-state index in [1.165, 1.54) is 0 Å². The average molecular weight is 182 g/mol. The van der Waals surface area contributed by atoms with E-state index in [2.05, 4.69) is 23.2 Å². The summed E-state index contributed by atoms with van der Waals surface area (Å²) >= 11 is 0. The predicted octanol–water partition coefficient (Wildman–Crippen LogP) is 2.73. The monoisotopic (exact) mass is 182 g/mol. The van der Waals surface area contributed by atoms with Gasteiger partial charge >= 0.3 is 0 Å². The summed E-state index contributed by atoms with van der Waals surface area (Å²) in [6, 6.07) is 0. The Morgan fingerprint density at radius 3 is 2.23 bits per heavy atom. The molecule has 0 rings (SSSR count). The summed E-state index contributed by atoms with van der Waals surface area (Å²) in [4.78, 5) is 5.98. The zero-order valence-electron chi connectivity index (χ0n) is 9.38. The van der Waals surface area contributed by atoms with Crippen molar-refractivity contribution in [2.45, 2.75) is 20.3 Å². The van der Waals surface area contributed by atoms with Crippen LogP contribution in [0.25, 0.3) is 0 Å². The summed E-state index contributed by atoms with van der Waals surface area (Å²) in [7, 11) is 4.07. The standard InChI is InChI=1S/C9H16N2.C2H6/c1-5-6-9(10-2)7-8-11(3)4;1-2/h5-6H,1-2,7-8H2,3-4H3;1-2H3/b9-6-;. The van der Waals surface area contributed by atoms with Gasteiger partial charge in [0.25, 0.3) is 0 Å². The number of aliphatic imine (C=N–C) groups is 1. The molecule has 76 valence electrons. The third kappa shape index (κ3) is 11.1. The highest BCUT2D eigenvalue weighted by Gasteiger charge is 1.93. The van der Waals surface area contributed by atoms with E-state index in [-0.39, 0.29) is 0 Å². The second kappa shape index (κ2) is 11.1. The van der Waals surface area contributed by atoms with Crippen LogP contribution in [0.15, 0.2) is 29.4 Å². The molecule has 0 saturated heterocycles. The summed E-state index contributed by atoms with van der Waals surface area (Å²) in [5.41, 5.74) is 0.994. The molecule has 0 radical (unpaired) electrons. The fourth-order valence-corrected chi connectivity index (χ4v) is 0.689. The lowest BCUT2D eigenvalue weighted by atomic mass is 10.3. The highest BCUT2D eigenvalue weighted by Crippen LogP contribution is 2.02. The minimum atomic E-state index is 0.933. The smallest absolute Gasteiger partial charge is 0.0408 e. The molecule has 13 heavy (non-hydrogen) atoms. The first-order valence-electron chi connectivity index (χ1n) is 4.63. The predicted molar refractivity (Wildman–Crippen MR) is 62.3 cm³/mol. The summed E-state index contributed by atoms with van der Waals surface area (Å²) in [5.74, 6) is 0. The Balaban J connectivity index is 0. The first-order valence-corrected chi connectivity index (χ1v) is 4.63. The fourth-order valence-electron chi connectivity index (χ4n) is 0.689. The minimum Gasteiger partial charge on any atom is -0.309 e. The molecule has 0 amide bonds. The van der Waals surface area contributed by atoms with Gasteiger partial charge in [-0.25, -0.2) is 0 Å². The van der Waals surface area contributed by atoms with Crippen molar-refractivity contribution < 1.29 is 0 Å². The summed E-state index contributed by atoms with van der Waals surface area (Å²) < 4.78 is 0. The van der Waals surface area contributed by atoms with Gasteiger partial charge in [-0.1, -0.05) is 26.5 Å². The fraction of sp³-hybridized carbons (Fsp3) is 0.545. The van der Waals surface area contributed by atoms with Crippen molar-refractivity contribution in [3.8, 4) is 0 Å². The number of hydrogen-bond donors (Lipinski definition) is 0. The topological polar surface area (TPSA) is 15.6 Å². The largest absolute Gasteiger partial charge is 0.309 e. The van der Waals surface area contributed by atoms with Crippen LogP contribution in [0.4, 0.5) is 0 Å². The molecule has 0 spiro atoms.